The second-order valence-electron chi connectivity index (χ2n) is 5.64. The third-order valence-electron chi connectivity index (χ3n) is 3.17. The molecular formula is C16H26O2. The Morgan fingerprint density at radius 2 is 1.83 bits per heavy atom. The van der Waals surface area contributed by atoms with E-state index in [1.165, 1.54) is 16.7 Å². The number of ether oxygens (including phenoxy) is 1. The van der Waals surface area contributed by atoms with Crippen molar-refractivity contribution < 1.29 is 9.84 Å². The third kappa shape index (κ3) is 4.69. The van der Waals surface area contributed by atoms with E-state index in [0.29, 0.717) is 6.61 Å². The minimum Gasteiger partial charge on any atom is -0.494 e. The van der Waals surface area contributed by atoms with Gasteiger partial charge in [0.25, 0.3) is 0 Å². The zero-order valence-electron chi connectivity index (χ0n) is 12.3. The molecule has 0 bridgehead atoms. The van der Waals surface area contributed by atoms with Crippen molar-refractivity contribution in [2.75, 3.05) is 6.61 Å². The monoisotopic (exact) mass is 250 g/mol. The van der Waals surface area contributed by atoms with Crippen molar-refractivity contribution in [3.8, 4) is 5.75 Å². The van der Waals surface area contributed by atoms with Gasteiger partial charge in [0.2, 0.25) is 0 Å². The summed E-state index contributed by atoms with van der Waals surface area (Å²) < 4.78 is 5.59. The first kappa shape index (κ1) is 15.0. The standard InChI is InChI=1S/C16H26O2/c1-6-18-15-11-12(2)14(10-13(15)3)8-7-9-16(4,5)17/h10-11,17H,6-9H2,1-5H3. The van der Waals surface area contributed by atoms with Crippen LogP contribution in [0.2, 0.25) is 0 Å². The van der Waals surface area contributed by atoms with Gasteiger partial charge in [-0.25, -0.2) is 0 Å². The number of hydrogen-bond acceptors (Lipinski definition) is 2. The number of benzene rings is 1. The van der Waals surface area contributed by atoms with Crippen LogP contribution in [0.15, 0.2) is 12.1 Å². The Balaban J connectivity index is 2.70. The number of rotatable bonds is 6. The fourth-order valence-electron chi connectivity index (χ4n) is 2.14. The van der Waals surface area contributed by atoms with Gasteiger partial charge < -0.3 is 9.84 Å². The Morgan fingerprint density at radius 3 is 2.39 bits per heavy atom. The molecule has 1 rings (SSSR count). The molecular weight excluding hydrogens is 224 g/mol. The summed E-state index contributed by atoms with van der Waals surface area (Å²) in [6.07, 6.45) is 2.86. The molecule has 0 saturated carbocycles. The van der Waals surface area contributed by atoms with Crippen molar-refractivity contribution in [3.63, 3.8) is 0 Å². The Labute approximate surface area is 111 Å². The molecule has 2 nitrogen and oxygen atoms in total. The van der Waals surface area contributed by atoms with Gasteiger partial charge in [-0.3, -0.25) is 0 Å². The maximum absolute atomic E-state index is 9.71. The summed E-state index contributed by atoms with van der Waals surface area (Å²) in [5, 5.41) is 9.71. The van der Waals surface area contributed by atoms with E-state index in [1.54, 1.807) is 0 Å². The van der Waals surface area contributed by atoms with E-state index >= 15 is 0 Å². The summed E-state index contributed by atoms with van der Waals surface area (Å²) in [5.74, 6) is 0.987. The molecule has 0 aromatic heterocycles. The maximum atomic E-state index is 9.71. The fourth-order valence-corrected chi connectivity index (χ4v) is 2.14. The van der Waals surface area contributed by atoms with Crippen LogP contribution in [0.5, 0.6) is 5.75 Å². The lowest BCUT2D eigenvalue weighted by atomic mass is 9.95. The summed E-state index contributed by atoms with van der Waals surface area (Å²) in [6.45, 7) is 10.7. The summed E-state index contributed by atoms with van der Waals surface area (Å²) >= 11 is 0. The van der Waals surface area contributed by atoms with Crippen molar-refractivity contribution in [2.45, 2.75) is 59.5 Å². The van der Waals surface area contributed by atoms with Crippen LogP contribution in [0.3, 0.4) is 0 Å². The third-order valence-corrected chi connectivity index (χ3v) is 3.17. The predicted octanol–water partition coefficient (Wildman–Crippen LogP) is 3.80. The van der Waals surface area contributed by atoms with Crippen LogP contribution in [0.4, 0.5) is 0 Å². The fraction of sp³-hybridized carbons (Fsp3) is 0.625. The first-order valence-electron chi connectivity index (χ1n) is 6.79. The van der Waals surface area contributed by atoms with Crippen LogP contribution >= 0.6 is 0 Å². The Bertz CT molecular complexity index is 389. The highest BCUT2D eigenvalue weighted by Crippen LogP contribution is 2.24. The highest BCUT2D eigenvalue weighted by atomic mass is 16.5. The SMILES string of the molecule is CCOc1cc(C)c(CCCC(C)(C)O)cc1C. The second kappa shape index (κ2) is 6.24. The molecule has 0 heterocycles. The molecule has 0 aliphatic carbocycles. The average molecular weight is 250 g/mol. The van der Waals surface area contributed by atoms with Crippen molar-refractivity contribution in [1.29, 1.82) is 0 Å². The van der Waals surface area contributed by atoms with E-state index in [1.807, 2.05) is 20.8 Å². The van der Waals surface area contributed by atoms with Crippen molar-refractivity contribution in [1.82, 2.24) is 0 Å². The minimum atomic E-state index is -0.561. The van der Waals surface area contributed by atoms with Gasteiger partial charge in [0, 0.05) is 0 Å². The molecule has 1 N–H and O–H groups in total. The van der Waals surface area contributed by atoms with Gasteiger partial charge in [-0.05, 0) is 76.6 Å². The van der Waals surface area contributed by atoms with Crippen molar-refractivity contribution >= 4 is 0 Å². The lowest BCUT2D eigenvalue weighted by Gasteiger charge is -2.17. The van der Waals surface area contributed by atoms with Gasteiger partial charge in [-0.2, -0.15) is 0 Å². The van der Waals surface area contributed by atoms with E-state index in [-0.39, 0.29) is 0 Å². The normalized spacial score (nSPS) is 11.7. The minimum absolute atomic E-state index is 0.561. The van der Waals surface area contributed by atoms with E-state index in [2.05, 4.69) is 26.0 Å². The first-order chi connectivity index (χ1) is 8.33. The van der Waals surface area contributed by atoms with E-state index in [9.17, 15) is 5.11 Å². The van der Waals surface area contributed by atoms with Crippen molar-refractivity contribution in [3.05, 3.63) is 28.8 Å². The lowest BCUT2D eigenvalue weighted by Crippen LogP contribution is -2.18. The van der Waals surface area contributed by atoms with Crippen LogP contribution in [0, 0.1) is 13.8 Å². The van der Waals surface area contributed by atoms with E-state index in [4.69, 9.17) is 4.74 Å². The summed E-state index contributed by atoms with van der Waals surface area (Å²) in [5.41, 5.74) is 3.27. The largest absolute Gasteiger partial charge is 0.494 e. The highest BCUT2D eigenvalue weighted by molar-refractivity contribution is 5.41. The van der Waals surface area contributed by atoms with Crippen LogP contribution < -0.4 is 4.74 Å². The summed E-state index contributed by atoms with van der Waals surface area (Å²) in [6, 6.07) is 4.34. The molecule has 0 saturated heterocycles. The molecule has 2 heteroatoms. The predicted molar refractivity (Wildman–Crippen MR) is 76.3 cm³/mol. The molecule has 0 spiro atoms. The molecule has 18 heavy (non-hydrogen) atoms. The number of aryl methyl sites for hydroxylation is 3. The van der Waals surface area contributed by atoms with Crippen LogP contribution in [0.25, 0.3) is 0 Å². The Morgan fingerprint density at radius 1 is 1.17 bits per heavy atom. The molecule has 0 fully saturated rings. The molecule has 102 valence electrons. The zero-order chi connectivity index (χ0) is 13.8. The van der Waals surface area contributed by atoms with Gasteiger partial charge in [0.05, 0.1) is 12.2 Å². The van der Waals surface area contributed by atoms with E-state index < -0.39 is 5.60 Å². The Kier molecular flexibility index (Phi) is 5.21. The van der Waals surface area contributed by atoms with Gasteiger partial charge >= 0.3 is 0 Å². The molecule has 0 aliphatic rings. The van der Waals surface area contributed by atoms with Crippen LogP contribution in [-0.2, 0) is 6.42 Å². The van der Waals surface area contributed by atoms with Gasteiger partial charge in [-0.15, -0.1) is 0 Å². The molecule has 0 unspecified atom stereocenters. The highest BCUT2D eigenvalue weighted by Gasteiger charge is 2.12. The maximum Gasteiger partial charge on any atom is 0.122 e. The van der Waals surface area contributed by atoms with Crippen LogP contribution in [-0.4, -0.2) is 17.3 Å². The number of aliphatic hydroxyl groups is 1. The molecule has 1 aromatic carbocycles. The molecule has 0 amide bonds. The topological polar surface area (TPSA) is 29.5 Å². The zero-order valence-corrected chi connectivity index (χ0v) is 12.3. The van der Waals surface area contributed by atoms with Gasteiger partial charge in [0.15, 0.2) is 0 Å². The van der Waals surface area contributed by atoms with E-state index in [0.717, 1.165) is 25.0 Å². The molecule has 0 aliphatic heterocycles. The Hall–Kier alpha value is -1.02. The summed E-state index contributed by atoms with van der Waals surface area (Å²) in [7, 11) is 0. The number of hydrogen-bond donors (Lipinski definition) is 1. The molecule has 0 radical (unpaired) electrons. The second-order valence-corrected chi connectivity index (χ2v) is 5.64. The molecule has 1 aromatic rings. The summed E-state index contributed by atoms with van der Waals surface area (Å²) in [4.78, 5) is 0. The van der Waals surface area contributed by atoms with Gasteiger partial charge in [-0.1, -0.05) is 6.07 Å². The van der Waals surface area contributed by atoms with Gasteiger partial charge in [0.1, 0.15) is 5.75 Å². The first-order valence-corrected chi connectivity index (χ1v) is 6.79. The van der Waals surface area contributed by atoms with Crippen molar-refractivity contribution in [2.24, 2.45) is 0 Å². The van der Waals surface area contributed by atoms with Crippen LogP contribution in [0.1, 0.15) is 50.3 Å². The lowest BCUT2D eigenvalue weighted by molar-refractivity contribution is 0.0689. The molecule has 0 atom stereocenters. The quantitative estimate of drug-likeness (QED) is 0.832. The average Bonchev–Trinajstić information content (AvgIpc) is 2.23. The smallest absolute Gasteiger partial charge is 0.122 e.